The minimum absolute atomic E-state index is 0.258. The van der Waals surface area contributed by atoms with E-state index in [4.69, 9.17) is 11.6 Å². The van der Waals surface area contributed by atoms with E-state index < -0.39 is 0 Å². The molecule has 0 amide bonds. The lowest BCUT2D eigenvalue weighted by Gasteiger charge is -1.92. The molecule has 0 aliphatic rings. The second-order valence-electron chi connectivity index (χ2n) is 2.60. The lowest BCUT2D eigenvalue weighted by molar-refractivity contribution is 0.621. The van der Waals surface area contributed by atoms with Crippen molar-refractivity contribution in [3.63, 3.8) is 0 Å². The Hall–Kier alpha value is -1.49. The number of nitrogens with zero attached hydrogens (tertiary/aromatic N) is 3. The maximum atomic E-state index is 12.5. The van der Waals surface area contributed by atoms with Gasteiger partial charge < -0.3 is 0 Å². The van der Waals surface area contributed by atoms with Gasteiger partial charge in [0.15, 0.2) is 5.82 Å². The summed E-state index contributed by atoms with van der Waals surface area (Å²) in [6.07, 6.45) is 1.12. The summed E-state index contributed by atoms with van der Waals surface area (Å²) in [5.74, 6) is 0.851. The van der Waals surface area contributed by atoms with E-state index in [2.05, 4.69) is 20.2 Å². The van der Waals surface area contributed by atoms with Gasteiger partial charge in [-0.25, -0.2) is 14.4 Å². The van der Waals surface area contributed by atoms with Gasteiger partial charge >= 0.3 is 0 Å². The second-order valence-corrected chi connectivity index (χ2v) is 2.87. The van der Waals surface area contributed by atoms with Crippen LogP contribution in [0.2, 0.25) is 0 Å². The van der Waals surface area contributed by atoms with Crippen LogP contribution in [0.25, 0.3) is 11.5 Å². The SMILES string of the molecule is Fc1ccc(-c2n[nH]c(CCl)n2)nc1. The third kappa shape index (κ3) is 1.72. The van der Waals surface area contributed by atoms with Crippen molar-refractivity contribution in [1.29, 1.82) is 0 Å². The average molecular weight is 213 g/mol. The summed E-state index contributed by atoms with van der Waals surface area (Å²) in [6.45, 7) is 0. The molecule has 2 heterocycles. The van der Waals surface area contributed by atoms with Crippen molar-refractivity contribution in [3.05, 3.63) is 30.0 Å². The van der Waals surface area contributed by atoms with Crippen LogP contribution in [0.4, 0.5) is 4.39 Å². The van der Waals surface area contributed by atoms with Crippen LogP contribution >= 0.6 is 11.6 Å². The molecule has 0 aliphatic carbocycles. The molecule has 0 saturated heterocycles. The Kier molecular flexibility index (Phi) is 2.41. The number of hydrogen-bond donors (Lipinski definition) is 1. The molecule has 14 heavy (non-hydrogen) atoms. The van der Waals surface area contributed by atoms with Gasteiger partial charge in [0.05, 0.1) is 12.1 Å². The number of alkyl halides is 1. The van der Waals surface area contributed by atoms with E-state index in [9.17, 15) is 4.39 Å². The first-order chi connectivity index (χ1) is 6.79. The van der Waals surface area contributed by atoms with Crippen LogP contribution < -0.4 is 0 Å². The van der Waals surface area contributed by atoms with Gasteiger partial charge in [0, 0.05) is 0 Å². The van der Waals surface area contributed by atoms with E-state index in [1.165, 1.54) is 12.1 Å². The molecule has 0 spiro atoms. The first kappa shape index (κ1) is 9.08. The molecule has 72 valence electrons. The highest BCUT2D eigenvalue weighted by molar-refractivity contribution is 6.16. The Labute approximate surface area is 84.2 Å². The van der Waals surface area contributed by atoms with Gasteiger partial charge in [0.2, 0.25) is 0 Å². The van der Waals surface area contributed by atoms with Crippen molar-refractivity contribution in [2.24, 2.45) is 0 Å². The van der Waals surface area contributed by atoms with Gasteiger partial charge in [0.25, 0.3) is 0 Å². The first-order valence-corrected chi connectivity index (χ1v) is 4.42. The molecule has 0 aromatic carbocycles. The Morgan fingerprint density at radius 1 is 1.43 bits per heavy atom. The van der Waals surface area contributed by atoms with Gasteiger partial charge in [-0.2, -0.15) is 5.10 Å². The van der Waals surface area contributed by atoms with E-state index >= 15 is 0 Å². The smallest absolute Gasteiger partial charge is 0.199 e. The molecule has 0 bridgehead atoms. The van der Waals surface area contributed by atoms with Crippen molar-refractivity contribution < 1.29 is 4.39 Å². The summed E-state index contributed by atoms with van der Waals surface area (Å²) >= 11 is 5.54. The highest BCUT2D eigenvalue weighted by atomic mass is 35.5. The summed E-state index contributed by atoms with van der Waals surface area (Å²) in [4.78, 5) is 7.88. The number of hydrogen-bond acceptors (Lipinski definition) is 3. The predicted molar refractivity (Wildman–Crippen MR) is 49.1 cm³/mol. The largest absolute Gasteiger partial charge is 0.262 e. The van der Waals surface area contributed by atoms with Crippen LogP contribution in [0.5, 0.6) is 0 Å². The zero-order valence-electron chi connectivity index (χ0n) is 7.04. The number of H-pyrrole nitrogens is 1. The maximum absolute atomic E-state index is 12.5. The molecule has 0 aliphatic heterocycles. The zero-order chi connectivity index (χ0) is 9.97. The van der Waals surface area contributed by atoms with Crippen molar-refractivity contribution in [3.8, 4) is 11.5 Å². The van der Waals surface area contributed by atoms with Crippen molar-refractivity contribution >= 4 is 11.6 Å². The van der Waals surface area contributed by atoms with Gasteiger partial charge in [-0.3, -0.25) is 5.10 Å². The van der Waals surface area contributed by atoms with Crippen LogP contribution in [-0.4, -0.2) is 20.2 Å². The molecular formula is C8H6ClFN4. The fourth-order valence-corrected chi connectivity index (χ4v) is 1.10. The lowest BCUT2D eigenvalue weighted by Crippen LogP contribution is -1.86. The highest BCUT2D eigenvalue weighted by Gasteiger charge is 2.05. The van der Waals surface area contributed by atoms with Crippen LogP contribution in [0.3, 0.4) is 0 Å². The number of rotatable bonds is 2. The Bertz CT molecular complexity index is 425. The van der Waals surface area contributed by atoms with E-state index in [-0.39, 0.29) is 11.7 Å². The lowest BCUT2D eigenvalue weighted by atomic mass is 10.3. The average Bonchev–Trinajstić information content (AvgIpc) is 2.67. The minimum atomic E-state index is -0.387. The molecule has 0 radical (unpaired) electrons. The van der Waals surface area contributed by atoms with Crippen LogP contribution in [0.1, 0.15) is 5.82 Å². The van der Waals surface area contributed by atoms with Crippen LogP contribution in [0, 0.1) is 5.82 Å². The third-order valence-corrected chi connectivity index (χ3v) is 1.87. The minimum Gasteiger partial charge on any atom is -0.262 e. The highest BCUT2D eigenvalue weighted by Crippen LogP contribution is 2.11. The second kappa shape index (κ2) is 3.71. The molecule has 1 N–H and O–H groups in total. The number of pyridine rings is 1. The van der Waals surface area contributed by atoms with Gasteiger partial charge in [-0.15, -0.1) is 11.6 Å². The predicted octanol–water partition coefficient (Wildman–Crippen LogP) is 1.74. The summed E-state index contributed by atoms with van der Waals surface area (Å²) < 4.78 is 12.5. The van der Waals surface area contributed by atoms with Crippen molar-refractivity contribution in [1.82, 2.24) is 20.2 Å². The molecule has 2 aromatic heterocycles. The Balaban J connectivity index is 2.34. The summed E-state index contributed by atoms with van der Waals surface area (Å²) in [7, 11) is 0. The van der Waals surface area contributed by atoms with E-state index in [1.54, 1.807) is 0 Å². The zero-order valence-corrected chi connectivity index (χ0v) is 7.79. The molecule has 2 rings (SSSR count). The van der Waals surface area contributed by atoms with Crippen molar-refractivity contribution in [2.45, 2.75) is 5.88 Å². The van der Waals surface area contributed by atoms with Gasteiger partial charge in [-0.05, 0) is 12.1 Å². The third-order valence-electron chi connectivity index (χ3n) is 1.61. The first-order valence-electron chi connectivity index (χ1n) is 3.89. The Morgan fingerprint density at radius 3 is 2.86 bits per heavy atom. The number of halogens is 2. The fraction of sp³-hybridized carbons (Fsp3) is 0.125. The summed E-state index contributed by atoms with van der Waals surface area (Å²) in [5.41, 5.74) is 0.513. The van der Waals surface area contributed by atoms with E-state index in [0.29, 0.717) is 17.3 Å². The topological polar surface area (TPSA) is 54.5 Å². The van der Waals surface area contributed by atoms with Gasteiger partial charge in [0.1, 0.15) is 17.3 Å². The summed E-state index contributed by atoms with van der Waals surface area (Å²) in [5, 5.41) is 6.52. The molecule has 4 nitrogen and oxygen atoms in total. The number of aromatic nitrogens is 4. The van der Waals surface area contributed by atoms with Crippen molar-refractivity contribution in [2.75, 3.05) is 0 Å². The molecule has 0 saturated carbocycles. The molecule has 6 heteroatoms. The maximum Gasteiger partial charge on any atom is 0.199 e. The summed E-state index contributed by atoms with van der Waals surface area (Å²) in [6, 6.07) is 2.82. The van der Waals surface area contributed by atoms with Crippen LogP contribution in [0.15, 0.2) is 18.3 Å². The molecule has 0 atom stereocenters. The van der Waals surface area contributed by atoms with Crippen LogP contribution in [-0.2, 0) is 5.88 Å². The molecule has 2 aromatic rings. The normalized spacial score (nSPS) is 10.4. The molecule has 0 unspecified atom stereocenters. The molecular weight excluding hydrogens is 207 g/mol. The number of aromatic amines is 1. The quantitative estimate of drug-likeness (QED) is 0.772. The number of nitrogens with one attached hydrogen (secondary N) is 1. The fourth-order valence-electron chi connectivity index (χ4n) is 0.978. The Morgan fingerprint density at radius 2 is 2.29 bits per heavy atom. The monoisotopic (exact) mass is 212 g/mol. The van der Waals surface area contributed by atoms with Gasteiger partial charge in [-0.1, -0.05) is 0 Å². The van der Waals surface area contributed by atoms with E-state index in [0.717, 1.165) is 6.20 Å². The molecule has 0 fully saturated rings. The standard InChI is InChI=1S/C8H6ClFN4/c9-3-7-12-8(14-13-7)6-2-1-5(10)4-11-6/h1-2,4H,3H2,(H,12,13,14). The van der Waals surface area contributed by atoms with E-state index in [1.807, 2.05) is 0 Å².